The largest absolute Gasteiger partial charge is 0.383 e. The van der Waals surface area contributed by atoms with Gasteiger partial charge in [-0.3, -0.25) is 0 Å². The lowest BCUT2D eigenvalue weighted by atomic mass is 9.71. The highest BCUT2D eigenvalue weighted by Gasteiger charge is 2.39. The Morgan fingerprint density at radius 1 is 1.21 bits per heavy atom. The van der Waals surface area contributed by atoms with Gasteiger partial charge in [0.1, 0.15) is 11.4 Å². The van der Waals surface area contributed by atoms with Crippen molar-refractivity contribution in [2.75, 3.05) is 5.73 Å². The van der Waals surface area contributed by atoms with Crippen LogP contribution in [0.15, 0.2) is 42.6 Å². The van der Waals surface area contributed by atoms with Crippen molar-refractivity contribution in [1.82, 2.24) is 4.98 Å². The van der Waals surface area contributed by atoms with Crippen LogP contribution in [0, 0.1) is 0 Å². The molecule has 2 atom stereocenters. The average molecular weight is 254 g/mol. The minimum absolute atomic E-state index is 0.411. The van der Waals surface area contributed by atoms with Gasteiger partial charge in [-0.25, -0.2) is 4.98 Å². The molecule has 1 aromatic heterocycles. The zero-order valence-electron chi connectivity index (χ0n) is 11.0. The quantitative estimate of drug-likeness (QED) is 0.822. The summed E-state index contributed by atoms with van der Waals surface area (Å²) in [5.74, 6) is 0.878. The van der Waals surface area contributed by atoms with Gasteiger partial charge in [-0.05, 0) is 36.0 Å². The number of anilines is 1. The number of nitrogen functional groups attached to an aromatic ring is 1. The van der Waals surface area contributed by atoms with E-state index in [2.05, 4.69) is 18.0 Å². The van der Waals surface area contributed by atoms with Crippen molar-refractivity contribution < 1.29 is 5.11 Å². The highest BCUT2D eigenvalue weighted by atomic mass is 16.3. The van der Waals surface area contributed by atoms with E-state index in [4.69, 9.17) is 5.73 Å². The van der Waals surface area contributed by atoms with Crippen LogP contribution in [-0.4, -0.2) is 10.1 Å². The molecule has 0 spiro atoms. The molecule has 0 aliphatic heterocycles. The molecule has 3 heteroatoms. The number of pyridine rings is 1. The zero-order chi connectivity index (χ0) is 13.5. The molecule has 2 unspecified atom stereocenters. The lowest BCUT2D eigenvalue weighted by molar-refractivity contribution is 0.0584. The maximum absolute atomic E-state index is 11.2. The Morgan fingerprint density at radius 2 is 1.95 bits per heavy atom. The Bertz CT molecular complexity index is 611. The second-order valence-electron chi connectivity index (χ2n) is 5.32. The smallest absolute Gasteiger partial charge is 0.129 e. The number of nitrogens with zero attached hydrogens (tertiary/aromatic N) is 1. The molecule has 3 nitrogen and oxygen atoms in total. The van der Waals surface area contributed by atoms with Crippen molar-refractivity contribution in [2.24, 2.45) is 0 Å². The van der Waals surface area contributed by atoms with Crippen molar-refractivity contribution in [1.29, 1.82) is 0 Å². The minimum Gasteiger partial charge on any atom is -0.383 e. The summed E-state index contributed by atoms with van der Waals surface area (Å²) in [6.45, 7) is 2.20. The van der Waals surface area contributed by atoms with Crippen LogP contribution in [0.5, 0.6) is 0 Å². The van der Waals surface area contributed by atoms with Gasteiger partial charge in [0.2, 0.25) is 0 Å². The molecular weight excluding hydrogens is 236 g/mol. The molecule has 1 aliphatic rings. The Labute approximate surface area is 113 Å². The highest BCUT2D eigenvalue weighted by Crippen LogP contribution is 2.45. The standard InChI is InChI=1S/C16H18N2O/c1-11-8-9-16(19,13-6-3-2-5-12(11)13)14-7-4-10-18-15(14)17/h2-7,10-11,19H,8-9H2,1H3,(H2,17,18). The van der Waals surface area contributed by atoms with Crippen LogP contribution in [0.2, 0.25) is 0 Å². The summed E-state index contributed by atoms with van der Waals surface area (Å²) >= 11 is 0. The summed E-state index contributed by atoms with van der Waals surface area (Å²) in [4.78, 5) is 4.11. The zero-order valence-corrected chi connectivity index (χ0v) is 11.0. The minimum atomic E-state index is -1.01. The van der Waals surface area contributed by atoms with Crippen LogP contribution in [0.1, 0.15) is 42.4 Å². The highest BCUT2D eigenvalue weighted by molar-refractivity contribution is 5.52. The summed E-state index contributed by atoms with van der Waals surface area (Å²) in [5, 5.41) is 11.2. The van der Waals surface area contributed by atoms with E-state index < -0.39 is 5.60 Å². The van der Waals surface area contributed by atoms with E-state index in [-0.39, 0.29) is 0 Å². The molecule has 98 valence electrons. The van der Waals surface area contributed by atoms with Crippen molar-refractivity contribution in [3.63, 3.8) is 0 Å². The van der Waals surface area contributed by atoms with E-state index in [9.17, 15) is 5.11 Å². The molecule has 1 aliphatic carbocycles. The number of benzene rings is 1. The molecular formula is C16H18N2O. The predicted molar refractivity (Wildman–Crippen MR) is 75.7 cm³/mol. The summed E-state index contributed by atoms with van der Waals surface area (Å²) in [7, 11) is 0. The third-order valence-electron chi connectivity index (χ3n) is 4.16. The summed E-state index contributed by atoms with van der Waals surface area (Å²) in [5.41, 5.74) is 7.84. The lowest BCUT2D eigenvalue weighted by Crippen LogP contribution is -2.33. The van der Waals surface area contributed by atoms with Gasteiger partial charge in [-0.1, -0.05) is 37.3 Å². The van der Waals surface area contributed by atoms with Crippen molar-refractivity contribution in [2.45, 2.75) is 31.3 Å². The van der Waals surface area contributed by atoms with Gasteiger partial charge in [0.15, 0.2) is 0 Å². The van der Waals surface area contributed by atoms with Crippen molar-refractivity contribution in [3.05, 3.63) is 59.3 Å². The molecule has 1 aromatic carbocycles. The Morgan fingerprint density at radius 3 is 2.74 bits per heavy atom. The first-order chi connectivity index (χ1) is 9.13. The number of aliphatic hydroxyl groups is 1. The van der Waals surface area contributed by atoms with Crippen LogP contribution in [0.4, 0.5) is 5.82 Å². The first-order valence-corrected chi connectivity index (χ1v) is 6.65. The summed E-state index contributed by atoms with van der Waals surface area (Å²) in [6, 6.07) is 11.8. The monoisotopic (exact) mass is 254 g/mol. The van der Waals surface area contributed by atoms with Gasteiger partial charge in [-0.2, -0.15) is 0 Å². The fourth-order valence-corrected chi connectivity index (χ4v) is 3.07. The van der Waals surface area contributed by atoms with Crippen LogP contribution in [0.3, 0.4) is 0 Å². The maximum atomic E-state index is 11.2. The third kappa shape index (κ3) is 1.81. The van der Waals surface area contributed by atoms with E-state index in [1.54, 1.807) is 6.20 Å². The summed E-state index contributed by atoms with van der Waals surface area (Å²) < 4.78 is 0. The molecule has 0 amide bonds. The van der Waals surface area contributed by atoms with Gasteiger partial charge in [0.05, 0.1) is 0 Å². The molecule has 0 saturated carbocycles. The van der Waals surface area contributed by atoms with E-state index in [0.717, 1.165) is 12.0 Å². The van der Waals surface area contributed by atoms with Gasteiger partial charge >= 0.3 is 0 Å². The fourth-order valence-electron chi connectivity index (χ4n) is 3.07. The molecule has 3 rings (SSSR count). The number of nitrogens with two attached hydrogens (primary N) is 1. The second kappa shape index (κ2) is 4.35. The molecule has 0 fully saturated rings. The van der Waals surface area contributed by atoms with E-state index in [1.165, 1.54) is 5.56 Å². The molecule has 0 saturated heterocycles. The molecule has 0 bridgehead atoms. The van der Waals surface area contributed by atoms with Crippen LogP contribution in [0.25, 0.3) is 0 Å². The average Bonchev–Trinajstić information content (AvgIpc) is 2.44. The number of rotatable bonds is 1. The topological polar surface area (TPSA) is 59.1 Å². The first kappa shape index (κ1) is 12.2. The number of fused-ring (bicyclic) bond motifs is 1. The SMILES string of the molecule is CC1CCC(O)(c2cccnc2N)c2ccccc21. The normalized spacial score (nSPS) is 25.9. The van der Waals surface area contributed by atoms with Crippen molar-refractivity contribution >= 4 is 5.82 Å². The van der Waals surface area contributed by atoms with Crippen LogP contribution >= 0.6 is 0 Å². The molecule has 19 heavy (non-hydrogen) atoms. The fraction of sp³-hybridized carbons (Fsp3) is 0.312. The Kier molecular flexibility index (Phi) is 2.79. The number of aromatic nitrogens is 1. The third-order valence-corrected chi connectivity index (χ3v) is 4.16. The molecule has 3 N–H and O–H groups in total. The number of hydrogen-bond acceptors (Lipinski definition) is 3. The summed E-state index contributed by atoms with van der Waals surface area (Å²) in [6.07, 6.45) is 3.28. The lowest BCUT2D eigenvalue weighted by Gasteiger charge is -2.38. The van der Waals surface area contributed by atoms with Crippen molar-refractivity contribution in [3.8, 4) is 0 Å². The van der Waals surface area contributed by atoms with E-state index in [1.807, 2.05) is 30.3 Å². The van der Waals surface area contributed by atoms with Gasteiger partial charge in [0.25, 0.3) is 0 Å². The van der Waals surface area contributed by atoms with E-state index in [0.29, 0.717) is 23.7 Å². The van der Waals surface area contributed by atoms with Crippen LogP contribution in [-0.2, 0) is 5.60 Å². The first-order valence-electron chi connectivity index (χ1n) is 6.65. The molecule has 0 radical (unpaired) electrons. The van der Waals surface area contributed by atoms with Gasteiger partial charge in [-0.15, -0.1) is 0 Å². The number of hydrogen-bond donors (Lipinski definition) is 2. The maximum Gasteiger partial charge on any atom is 0.129 e. The van der Waals surface area contributed by atoms with Gasteiger partial charge in [0, 0.05) is 11.8 Å². The van der Waals surface area contributed by atoms with Crippen LogP contribution < -0.4 is 5.73 Å². The van der Waals surface area contributed by atoms with Gasteiger partial charge < -0.3 is 10.8 Å². The van der Waals surface area contributed by atoms with E-state index >= 15 is 0 Å². The Balaban J connectivity index is 2.21. The molecule has 1 heterocycles. The Hall–Kier alpha value is -1.87. The predicted octanol–water partition coefficient (Wildman–Crippen LogP) is 2.80. The second-order valence-corrected chi connectivity index (χ2v) is 5.32. The molecule has 2 aromatic rings.